The summed E-state index contributed by atoms with van der Waals surface area (Å²) in [7, 11) is 0. The fourth-order valence-corrected chi connectivity index (χ4v) is 3.46. The van der Waals surface area contributed by atoms with E-state index in [1.807, 2.05) is 11.0 Å². The molecule has 1 aromatic heterocycles. The highest BCUT2D eigenvalue weighted by Crippen LogP contribution is 2.31. The zero-order valence-electron chi connectivity index (χ0n) is 15.1. The van der Waals surface area contributed by atoms with Crippen LogP contribution in [0.1, 0.15) is 31.2 Å². The number of nitrogens with zero attached hydrogens (tertiary/aromatic N) is 4. The van der Waals surface area contributed by atoms with Crippen LogP contribution in [0.4, 0.5) is 10.2 Å². The smallest absolute Gasteiger partial charge is 0.293 e. The van der Waals surface area contributed by atoms with Gasteiger partial charge in [-0.1, -0.05) is 6.07 Å². The van der Waals surface area contributed by atoms with Gasteiger partial charge in [-0.25, -0.2) is 9.37 Å². The van der Waals surface area contributed by atoms with Gasteiger partial charge in [-0.3, -0.25) is 4.79 Å². The van der Waals surface area contributed by atoms with Crippen molar-refractivity contribution in [1.29, 1.82) is 5.26 Å². The van der Waals surface area contributed by atoms with Crippen molar-refractivity contribution in [1.82, 2.24) is 9.55 Å². The summed E-state index contributed by atoms with van der Waals surface area (Å²) in [6.45, 7) is 2.05. The number of benzene rings is 1. The van der Waals surface area contributed by atoms with E-state index in [2.05, 4.69) is 4.98 Å². The van der Waals surface area contributed by atoms with E-state index in [0.29, 0.717) is 42.6 Å². The first-order chi connectivity index (χ1) is 13.0. The number of nitrogens with two attached hydrogens (primary N) is 1. The lowest BCUT2D eigenvalue weighted by molar-refractivity contribution is 0.494. The van der Waals surface area contributed by atoms with Crippen molar-refractivity contribution < 1.29 is 4.39 Å². The van der Waals surface area contributed by atoms with Gasteiger partial charge in [0.05, 0.1) is 11.3 Å². The van der Waals surface area contributed by atoms with E-state index in [9.17, 15) is 9.18 Å². The molecule has 7 heteroatoms. The highest BCUT2D eigenvalue weighted by Gasteiger charge is 2.26. The predicted molar refractivity (Wildman–Crippen MR) is 101 cm³/mol. The Morgan fingerprint density at radius 1 is 1.26 bits per heavy atom. The quantitative estimate of drug-likeness (QED) is 0.895. The average Bonchev–Trinajstić information content (AvgIpc) is 3.48. The van der Waals surface area contributed by atoms with Crippen LogP contribution in [0.25, 0.3) is 11.3 Å². The van der Waals surface area contributed by atoms with Gasteiger partial charge in [-0.05, 0) is 43.7 Å². The second-order valence-electron chi connectivity index (χ2n) is 7.48. The third-order valence-electron chi connectivity index (χ3n) is 5.33. The minimum absolute atomic E-state index is 0.00436. The van der Waals surface area contributed by atoms with Gasteiger partial charge in [0.15, 0.2) is 5.82 Å². The largest absolute Gasteiger partial charge is 0.352 e. The molecule has 1 saturated heterocycles. The Hall–Kier alpha value is -2.72. The molecule has 4 rings (SSSR count). The fourth-order valence-electron chi connectivity index (χ4n) is 3.46. The lowest BCUT2D eigenvalue weighted by Crippen LogP contribution is -2.43. The van der Waals surface area contributed by atoms with Crippen molar-refractivity contribution in [2.24, 2.45) is 11.7 Å². The third-order valence-corrected chi connectivity index (χ3v) is 5.33. The standard InChI is InChI=1S/C20H22FN5O/c21-17-9-14(3-4-15(17)10-22)18-12-26(11-13-1-2-13)20(27)19(24-18)25-7-5-16(23)6-8-25/h3-4,9,12-13,16H,1-2,5-8,11,23H2. The molecule has 1 aromatic carbocycles. The number of piperidine rings is 1. The predicted octanol–water partition coefficient (Wildman–Crippen LogP) is 2.26. The summed E-state index contributed by atoms with van der Waals surface area (Å²) in [5, 5.41) is 8.93. The van der Waals surface area contributed by atoms with Crippen molar-refractivity contribution in [3.05, 3.63) is 46.1 Å². The number of hydrogen-bond acceptors (Lipinski definition) is 5. The molecule has 0 unspecified atom stereocenters. The molecule has 1 aliphatic heterocycles. The lowest BCUT2D eigenvalue weighted by atomic mass is 10.1. The molecule has 140 valence electrons. The van der Waals surface area contributed by atoms with Crippen LogP contribution in [0.15, 0.2) is 29.2 Å². The third kappa shape index (κ3) is 3.71. The fraction of sp³-hybridized carbons (Fsp3) is 0.450. The zero-order valence-corrected chi connectivity index (χ0v) is 15.1. The molecule has 27 heavy (non-hydrogen) atoms. The maximum Gasteiger partial charge on any atom is 0.293 e. The first-order valence-corrected chi connectivity index (χ1v) is 9.37. The van der Waals surface area contributed by atoms with E-state index in [4.69, 9.17) is 11.0 Å². The minimum Gasteiger partial charge on any atom is -0.352 e. The van der Waals surface area contributed by atoms with E-state index in [1.54, 1.807) is 16.8 Å². The average molecular weight is 367 g/mol. The summed E-state index contributed by atoms with van der Waals surface area (Å²) in [5.41, 5.74) is 6.98. The number of aromatic nitrogens is 2. The molecule has 2 N–H and O–H groups in total. The molecule has 2 fully saturated rings. The SMILES string of the molecule is N#Cc1ccc(-c2cn(CC3CC3)c(=O)c(N3CCC(N)CC3)n2)cc1F. The van der Waals surface area contributed by atoms with Gasteiger partial charge in [-0.15, -0.1) is 0 Å². The first kappa shape index (κ1) is 17.7. The molecule has 1 aliphatic carbocycles. The maximum atomic E-state index is 14.1. The Morgan fingerprint density at radius 3 is 2.63 bits per heavy atom. The molecule has 6 nitrogen and oxygen atoms in total. The number of anilines is 1. The van der Waals surface area contributed by atoms with Crippen LogP contribution in [-0.2, 0) is 6.54 Å². The van der Waals surface area contributed by atoms with Crippen LogP contribution in [0.2, 0.25) is 0 Å². The van der Waals surface area contributed by atoms with Crippen molar-refractivity contribution >= 4 is 5.82 Å². The number of rotatable bonds is 4. The Morgan fingerprint density at radius 2 is 2.00 bits per heavy atom. The molecule has 0 atom stereocenters. The first-order valence-electron chi connectivity index (χ1n) is 9.37. The molecule has 2 aromatic rings. The second kappa shape index (κ2) is 7.12. The van der Waals surface area contributed by atoms with Gasteiger partial charge < -0.3 is 15.2 Å². The second-order valence-corrected chi connectivity index (χ2v) is 7.48. The summed E-state index contributed by atoms with van der Waals surface area (Å²) in [6, 6.07) is 6.41. The molecule has 0 spiro atoms. The van der Waals surface area contributed by atoms with E-state index in [-0.39, 0.29) is 17.2 Å². The van der Waals surface area contributed by atoms with Crippen molar-refractivity contribution in [2.75, 3.05) is 18.0 Å². The normalized spacial score (nSPS) is 17.7. The monoisotopic (exact) mass is 367 g/mol. The van der Waals surface area contributed by atoms with E-state index >= 15 is 0 Å². The molecule has 2 heterocycles. The Balaban J connectivity index is 1.76. The van der Waals surface area contributed by atoms with Crippen LogP contribution < -0.4 is 16.2 Å². The molecule has 0 radical (unpaired) electrons. The summed E-state index contributed by atoms with van der Waals surface area (Å²) in [6.07, 6.45) is 5.60. The van der Waals surface area contributed by atoms with Gasteiger partial charge in [0.2, 0.25) is 0 Å². The molecule has 0 amide bonds. The van der Waals surface area contributed by atoms with Crippen molar-refractivity contribution in [3.63, 3.8) is 0 Å². The van der Waals surface area contributed by atoms with Crippen molar-refractivity contribution in [2.45, 2.75) is 38.3 Å². The van der Waals surface area contributed by atoms with Gasteiger partial charge in [0, 0.05) is 37.4 Å². The summed E-state index contributed by atoms with van der Waals surface area (Å²) >= 11 is 0. The van der Waals surface area contributed by atoms with Crippen molar-refractivity contribution in [3.8, 4) is 17.3 Å². The molecule has 0 bridgehead atoms. The Labute approximate surface area is 157 Å². The van der Waals surface area contributed by atoms with Crippen LogP contribution in [-0.4, -0.2) is 28.7 Å². The van der Waals surface area contributed by atoms with E-state index in [1.165, 1.54) is 12.1 Å². The molecular weight excluding hydrogens is 345 g/mol. The van der Waals surface area contributed by atoms with E-state index < -0.39 is 5.82 Å². The Bertz CT molecular complexity index is 952. The van der Waals surface area contributed by atoms with Crippen LogP contribution in [0.3, 0.4) is 0 Å². The summed E-state index contributed by atoms with van der Waals surface area (Å²) in [4.78, 5) is 19.5. The number of nitriles is 1. The van der Waals surface area contributed by atoms with Gasteiger partial charge >= 0.3 is 0 Å². The van der Waals surface area contributed by atoms with Crippen LogP contribution in [0, 0.1) is 23.1 Å². The van der Waals surface area contributed by atoms with Crippen LogP contribution >= 0.6 is 0 Å². The summed E-state index contributed by atoms with van der Waals surface area (Å²) < 4.78 is 15.8. The maximum absolute atomic E-state index is 14.1. The Kier molecular flexibility index (Phi) is 4.66. The van der Waals surface area contributed by atoms with Crippen LogP contribution in [0.5, 0.6) is 0 Å². The molecule has 2 aliphatic rings. The minimum atomic E-state index is -0.581. The molecular formula is C20H22FN5O. The summed E-state index contributed by atoms with van der Waals surface area (Å²) in [5.74, 6) is 0.352. The topological polar surface area (TPSA) is 87.9 Å². The number of halogens is 1. The van der Waals surface area contributed by atoms with Gasteiger partial charge in [0.25, 0.3) is 5.56 Å². The highest BCUT2D eigenvalue weighted by atomic mass is 19.1. The zero-order chi connectivity index (χ0) is 19.0. The van der Waals surface area contributed by atoms with Gasteiger partial charge in [-0.2, -0.15) is 5.26 Å². The highest BCUT2D eigenvalue weighted by molar-refractivity contribution is 5.62. The lowest BCUT2D eigenvalue weighted by Gasteiger charge is -2.31. The van der Waals surface area contributed by atoms with Gasteiger partial charge in [0.1, 0.15) is 11.9 Å². The number of hydrogen-bond donors (Lipinski definition) is 1. The molecule has 1 saturated carbocycles. The van der Waals surface area contributed by atoms with E-state index in [0.717, 1.165) is 25.7 Å².